The molecule has 0 saturated heterocycles. The molecule has 0 radical (unpaired) electrons. The summed E-state index contributed by atoms with van der Waals surface area (Å²) in [6.07, 6.45) is 2.16. The summed E-state index contributed by atoms with van der Waals surface area (Å²) in [6.45, 7) is 4.45. The van der Waals surface area contributed by atoms with Gasteiger partial charge in [0, 0.05) is 16.7 Å². The Morgan fingerprint density at radius 1 is 0.810 bits per heavy atom. The van der Waals surface area contributed by atoms with Crippen LogP contribution >= 0.6 is 0 Å². The predicted octanol–water partition coefficient (Wildman–Crippen LogP) is 4.32. The van der Waals surface area contributed by atoms with Gasteiger partial charge < -0.3 is 5.32 Å². The Bertz CT molecular complexity index is 602. The average molecular weight is 277 g/mol. The normalized spacial score (nSPS) is 10.8. The number of hydrogen-bond acceptors (Lipinski definition) is 1. The van der Waals surface area contributed by atoms with Crippen LogP contribution in [0.15, 0.2) is 54.6 Å². The number of hydrogen-bond donors (Lipinski definition) is 1. The summed E-state index contributed by atoms with van der Waals surface area (Å²) in [4.78, 5) is 0. The summed E-state index contributed by atoms with van der Waals surface area (Å²) in [5, 5.41) is 3.47. The van der Waals surface area contributed by atoms with E-state index in [1.54, 1.807) is 0 Å². The highest BCUT2D eigenvalue weighted by molar-refractivity contribution is 5.44. The molecule has 0 atom stereocenters. The van der Waals surface area contributed by atoms with Crippen LogP contribution < -0.4 is 5.32 Å². The van der Waals surface area contributed by atoms with E-state index in [1.165, 1.54) is 5.56 Å². The monoisotopic (exact) mass is 277 g/mol. The lowest BCUT2D eigenvalue weighted by molar-refractivity contribution is 0.334. The maximum Gasteiger partial charge on any atom is 0.0426 e. The van der Waals surface area contributed by atoms with Gasteiger partial charge in [0.2, 0.25) is 0 Å². The van der Waals surface area contributed by atoms with Crippen LogP contribution in [0.2, 0.25) is 0 Å². The lowest BCUT2D eigenvalue weighted by Gasteiger charge is -2.32. The first kappa shape index (κ1) is 15.4. The lowest BCUT2D eigenvalue weighted by atomic mass is 9.84. The topological polar surface area (TPSA) is 12.0 Å². The van der Waals surface area contributed by atoms with Crippen LogP contribution in [0.1, 0.15) is 43.4 Å². The van der Waals surface area contributed by atoms with Crippen LogP contribution in [0.25, 0.3) is 0 Å². The Morgan fingerprint density at radius 3 is 1.81 bits per heavy atom. The van der Waals surface area contributed by atoms with Crippen LogP contribution in [-0.4, -0.2) is 7.05 Å². The molecule has 0 amide bonds. The molecule has 1 nitrogen and oxygen atoms in total. The van der Waals surface area contributed by atoms with Crippen molar-refractivity contribution in [1.82, 2.24) is 5.32 Å². The van der Waals surface area contributed by atoms with Gasteiger partial charge in [-0.3, -0.25) is 0 Å². The van der Waals surface area contributed by atoms with Crippen molar-refractivity contribution >= 4 is 0 Å². The quantitative estimate of drug-likeness (QED) is 0.821. The molecule has 1 N–H and O–H groups in total. The maximum atomic E-state index is 3.47. The highest BCUT2D eigenvalue weighted by Gasteiger charge is 2.25. The SMILES string of the molecule is CCC(CC)(NC)c1ccc(C#Cc2ccccc2)cc1. The zero-order chi connectivity index (χ0) is 15.1. The number of benzene rings is 2. The molecule has 2 aromatic carbocycles. The fourth-order valence-electron chi connectivity index (χ4n) is 2.69. The van der Waals surface area contributed by atoms with Crippen LogP contribution in [0.3, 0.4) is 0 Å². The third-order valence-corrected chi connectivity index (χ3v) is 4.25. The first-order valence-corrected chi connectivity index (χ1v) is 7.60. The smallest absolute Gasteiger partial charge is 0.0426 e. The summed E-state index contributed by atoms with van der Waals surface area (Å²) < 4.78 is 0. The fraction of sp³-hybridized carbons (Fsp3) is 0.300. The van der Waals surface area contributed by atoms with Gasteiger partial charge in [-0.15, -0.1) is 0 Å². The molecular weight excluding hydrogens is 254 g/mol. The summed E-state index contributed by atoms with van der Waals surface area (Å²) in [5.74, 6) is 6.42. The molecule has 2 aromatic rings. The largest absolute Gasteiger partial charge is 0.310 e. The Labute approximate surface area is 128 Å². The Kier molecular flexibility index (Phi) is 5.20. The minimum absolute atomic E-state index is 0.0748. The minimum atomic E-state index is 0.0748. The van der Waals surface area contributed by atoms with E-state index in [0.717, 1.165) is 24.0 Å². The minimum Gasteiger partial charge on any atom is -0.310 e. The van der Waals surface area contributed by atoms with E-state index in [4.69, 9.17) is 0 Å². The molecule has 0 aliphatic heterocycles. The van der Waals surface area contributed by atoms with Crippen molar-refractivity contribution < 1.29 is 0 Å². The third kappa shape index (κ3) is 3.54. The maximum absolute atomic E-state index is 3.47. The number of rotatable bonds is 4. The van der Waals surface area contributed by atoms with E-state index in [-0.39, 0.29) is 5.54 Å². The molecule has 21 heavy (non-hydrogen) atoms. The summed E-state index contributed by atoms with van der Waals surface area (Å²) in [5.41, 5.74) is 3.51. The van der Waals surface area contributed by atoms with Gasteiger partial charge in [-0.2, -0.15) is 0 Å². The van der Waals surface area contributed by atoms with Gasteiger partial charge in [0.25, 0.3) is 0 Å². The predicted molar refractivity (Wildman–Crippen MR) is 90.2 cm³/mol. The van der Waals surface area contributed by atoms with Gasteiger partial charge >= 0.3 is 0 Å². The molecular formula is C20H23N. The van der Waals surface area contributed by atoms with Crippen molar-refractivity contribution in [2.24, 2.45) is 0 Å². The van der Waals surface area contributed by atoms with Crippen molar-refractivity contribution in [1.29, 1.82) is 0 Å². The Balaban J connectivity index is 2.22. The molecule has 0 spiro atoms. The Morgan fingerprint density at radius 2 is 1.33 bits per heavy atom. The van der Waals surface area contributed by atoms with E-state index in [0.29, 0.717) is 0 Å². The van der Waals surface area contributed by atoms with Crippen molar-refractivity contribution in [2.75, 3.05) is 7.05 Å². The van der Waals surface area contributed by atoms with Crippen LogP contribution in [0.4, 0.5) is 0 Å². The molecule has 0 aromatic heterocycles. The molecule has 108 valence electrons. The molecule has 0 unspecified atom stereocenters. The van der Waals surface area contributed by atoms with Gasteiger partial charge in [0.15, 0.2) is 0 Å². The Hall–Kier alpha value is -2.04. The van der Waals surface area contributed by atoms with Gasteiger partial charge in [-0.1, -0.05) is 56.0 Å². The van der Waals surface area contributed by atoms with Crippen LogP contribution in [-0.2, 0) is 5.54 Å². The zero-order valence-corrected chi connectivity index (χ0v) is 13.1. The van der Waals surface area contributed by atoms with Gasteiger partial charge in [0.05, 0.1) is 0 Å². The summed E-state index contributed by atoms with van der Waals surface area (Å²) in [6, 6.07) is 18.7. The van der Waals surface area contributed by atoms with Crippen LogP contribution in [0.5, 0.6) is 0 Å². The molecule has 0 heterocycles. The molecule has 2 rings (SSSR count). The molecule has 0 saturated carbocycles. The molecule has 1 heteroatoms. The highest BCUT2D eigenvalue weighted by atomic mass is 14.9. The summed E-state index contributed by atoms with van der Waals surface area (Å²) >= 11 is 0. The highest BCUT2D eigenvalue weighted by Crippen LogP contribution is 2.28. The second-order valence-corrected chi connectivity index (χ2v) is 5.23. The molecule has 0 fully saturated rings. The van der Waals surface area contributed by atoms with Crippen molar-refractivity contribution in [2.45, 2.75) is 32.2 Å². The lowest BCUT2D eigenvalue weighted by Crippen LogP contribution is -2.38. The van der Waals surface area contributed by atoms with Crippen LogP contribution in [0, 0.1) is 11.8 Å². The summed E-state index contributed by atoms with van der Waals surface area (Å²) in [7, 11) is 2.04. The van der Waals surface area contributed by atoms with E-state index >= 15 is 0 Å². The third-order valence-electron chi connectivity index (χ3n) is 4.25. The number of nitrogens with one attached hydrogen (secondary N) is 1. The van der Waals surface area contributed by atoms with Crippen molar-refractivity contribution in [3.63, 3.8) is 0 Å². The van der Waals surface area contributed by atoms with Crippen molar-refractivity contribution in [3.05, 3.63) is 71.3 Å². The molecule has 0 aliphatic rings. The van der Waals surface area contributed by atoms with Crippen molar-refractivity contribution in [3.8, 4) is 11.8 Å². The average Bonchev–Trinajstić information content (AvgIpc) is 2.57. The second kappa shape index (κ2) is 7.11. The molecule has 0 aliphatic carbocycles. The van der Waals surface area contributed by atoms with Gasteiger partial charge in [-0.05, 0) is 49.7 Å². The van der Waals surface area contributed by atoms with E-state index in [1.807, 2.05) is 37.4 Å². The molecule has 0 bridgehead atoms. The van der Waals surface area contributed by atoms with E-state index in [9.17, 15) is 0 Å². The fourth-order valence-corrected chi connectivity index (χ4v) is 2.69. The second-order valence-electron chi connectivity index (χ2n) is 5.23. The standard InChI is InChI=1S/C20H23N/c1-4-20(5-2,21-3)19-15-13-18(14-16-19)12-11-17-9-7-6-8-10-17/h6-10,13-16,21H,4-5H2,1-3H3. The van der Waals surface area contributed by atoms with E-state index in [2.05, 4.69) is 55.3 Å². The van der Waals surface area contributed by atoms with Gasteiger partial charge in [0.1, 0.15) is 0 Å². The van der Waals surface area contributed by atoms with Gasteiger partial charge in [-0.25, -0.2) is 0 Å². The first-order valence-electron chi connectivity index (χ1n) is 7.60. The van der Waals surface area contributed by atoms with E-state index < -0.39 is 0 Å². The zero-order valence-electron chi connectivity index (χ0n) is 13.1. The first-order chi connectivity index (χ1) is 10.2.